The van der Waals surface area contributed by atoms with Crippen molar-refractivity contribution in [2.45, 2.75) is 26.3 Å². The average Bonchev–Trinajstić information content (AvgIpc) is 2.20. The van der Waals surface area contributed by atoms with Crippen LogP contribution in [0.1, 0.15) is 20.8 Å². The molecule has 0 aliphatic rings. The summed E-state index contributed by atoms with van der Waals surface area (Å²) in [5.74, 6) is -0.806. The standard InChI is InChI=1S/C12H16ClFN2O/c1-12(2,3)15-7-11(17)16-10-6-8(13)4-5-9(10)14/h4-6,15H,7H2,1-3H3,(H,16,17). The van der Waals surface area contributed by atoms with Crippen LogP contribution in [0.15, 0.2) is 18.2 Å². The molecule has 1 aromatic rings. The van der Waals surface area contributed by atoms with Crippen LogP contribution in [-0.4, -0.2) is 18.0 Å². The van der Waals surface area contributed by atoms with Gasteiger partial charge in [-0.15, -0.1) is 0 Å². The Morgan fingerprint density at radius 1 is 1.41 bits per heavy atom. The highest BCUT2D eigenvalue weighted by Crippen LogP contribution is 2.19. The Kier molecular flexibility index (Phi) is 4.48. The van der Waals surface area contributed by atoms with Crippen molar-refractivity contribution in [2.75, 3.05) is 11.9 Å². The summed E-state index contributed by atoms with van der Waals surface area (Å²) >= 11 is 5.72. The van der Waals surface area contributed by atoms with Gasteiger partial charge in [0.1, 0.15) is 5.82 Å². The quantitative estimate of drug-likeness (QED) is 0.875. The van der Waals surface area contributed by atoms with Crippen molar-refractivity contribution in [2.24, 2.45) is 0 Å². The van der Waals surface area contributed by atoms with Crippen molar-refractivity contribution in [3.63, 3.8) is 0 Å². The van der Waals surface area contributed by atoms with Gasteiger partial charge in [-0.2, -0.15) is 0 Å². The molecule has 0 atom stereocenters. The highest BCUT2D eigenvalue weighted by atomic mass is 35.5. The Morgan fingerprint density at radius 3 is 2.65 bits per heavy atom. The summed E-state index contributed by atoms with van der Waals surface area (Å²) in [5.41, 5.74) is -0.0669. The van der Waals surface area contributed by atoms with Gasteiger partial charge in [0.05, 0.1) is 12.2 Å². The maximum atomic E-state index is 13.3. The van der Waals surface area contributed by atoms with Crippen molar-refractivity contribution in [3.05, 3.63) is 29.0 Å². The number of halogens is 2. The van der Waals surface area contributed by atoms with Gasteiger partial charge in [-0.1, -0.05) is 11.6 Å². The SMILES string of the molecule is CC(C)(C)NCC(=O)Nc1cc(Cl)ccc1F. The molecule has 3 nitrogen and oxygen atoms in total. The number of carbonyl (C=O) groups excluding carboxylic acids is 1. The summed E-state index contributed by atoms with van der Waals surface area (Å²) in [4.78, 5) is 11.5. The second-order valence-corrected chi connectivity index (χ2v) is 5.21. The predicted octanol–water partition coefficient (Wildman–Crippen LogP) is 2.81. The average molecular weight is 259 g/mol. The molecule has 0 bridgehead atoms. The molecule has 0 heterocycles. The molecular formula is C12H16ClFN2O. The van der Waals surface area contributed by atoms with Crippen LogP contribution in [0.4, 0.5) is 10.1 Å². The normalized spacial score (nSPS) is 11.4. The molecule has 0 radical (unpaired) electrons. The van der Waals surface area contributed by atoms with Crippen LogP contribution in [0.25, 0.3) is 0 Å². The zero-order valence-electron chi connectivity index (χ0n) is 10.1. The Hall–Kier alpha value is -1.13. The first-order valence-corrected chi connectivity index (χ1v) is 5.66. The molecule has 2 N–H and O–H groups in total. The van der Waals surface area contributed by atoms with Gasteiger partial charge in [-0.3, -0.25) is 4.79 Å². The van der Waals surface area contributed by atoms with Crippen LogP contribution < -0.4 is 10.6 Å². The number of carbonyl (C=O) groups is 1. The second-order valence-electron chi connectivity index (χ2n) is 4.78. The fourth-order valence-corrected chi connectivity index (χ4v) is 1.31. The zero-order chi connectivity index (χ0) is 13.1. The lowest BCUT2D eigenvalue weighted by molar-refractivity contribution is -0.115. The molecule has 0 aliphatic heterocycles. The van der Waals surface area contributed by atoms with Crippen LogP contribution in [0.3, 0.4) is 0 Å². The first-order valence-electron chi connectivity index (χ1n) is 5.28. The zero-order valence-corrected chi connectivity index (χ0v) is 10.9. The summed E-state index contributed by atoms with van der Waals surface area (Å²) in [5, 5.41) is 5.85. The lowest BCUT2D eigenvalue weighted by atomic mass is 10.1. The molecule has 0 aromatic heterocycles. The summed E-state index contributed by atoms with van der Waals surface area (Å²) in [6.07, 6.45) is 0. The Morgan fingerprint density at radius 2 is 2.06 bits per heavy atom. The topological polar surface area (TPSA) is 41.1 Å². The number of nitrogens with one attached hydrogen (secondary N) is 2. The first kappa shape index (κ1) is 13.9. The van der Waals surface area contributed by atoms with Crippen LogP contribution in [-0.2, 0) is 4.79 Å². The third-order valence-corrected chi connectivity index (χ3v) is 2.22. The molecule has 0 fully saturated rings. The van der Waals surface area contributed by atoms with Crippen LogP contribution >= 0.6 is 11.6 Å². The molecule has 0 saturated heterocycles. The maximum Gasteiger partial charge on any atom is 0.238 e. The van der Waals surface area contributed by atoms with Crippen LogP contribution in [0.2, 0.25) is 5.02 Å². The molecule has 94 valence electrons. The minimum Gasteiger partial charge on any atom is -0.322 e. The van der Waals surface area contributed by atoms with Gasteiger partial charge in [0, 0.05) is 10.6 Å². The number of anilines is 1. The molecule has 0 saturated carbocycles. The smallest absolute Gasteiger partial charge is 0.238 e. The van der Waals surface area contributed by atoms with Crippen LogP contribution in [0, 0.1) is 5.82 Å². The summed E-state index contributed by atoms with van der Waals surface area (Å²) in [6, 6.07) is 4.03. The summed E-state index contributed by atoms with van der Waals surface area (Å²) < 4.78 is 13.3. The van der Waals surface area contributed by atoms with Gasteiger partial charge >= 0.3 is 0 Å². The number of benzene rings is 1. The second kappa shape index (κ2) is 5.47. The fraction of sp³-hybridized carbons (Fsp3) is 0.417. The Balaban J connectivity index is 2.59. The van der Waals surface area contributed by atoms with E-state index in [1.54, 1.807) is 0 Å². The van der Waals surface area contributed by atoms with Gasteiger partial charge < -0.3 is 10.6 Å². The van der Waals surface area contributed by atoms with Gasteiger partial charge in [0.25, 0.3) is 0 Å². The lowest BCUT2D eigenvalue weighted by Gasteiger charge is -2.20. The van der Waals surface area contributed by atoms with Gasteiger partial charge in [0.15, 0.2) is 0 Å². The van der Waals surface area contributed by atoms with E-state index < -0.39 is 5.82 Å². The van der Waals surface area contributed by atoms with Crippen molar-refractivity contribution in [3.8, 4) is 0 Å². The summed E-state index contributed by atoms with van der Waals surface area (Å²) in [7, 11) is 0. The number of amides is 1. The van der Waals surface area contributed by atoms with E-state index >= 15 is 0 Å². The monoisotopic (exact) mass is 258 g/mol. The minimum absolute atomic E-state index is 0.0956. The maximum absolute atomic E-state index is 13.3. The molecule has 1 aromatic carbocycles. The molecule has 1 amide bonds. The lowest BCUT2D eigenvalue weighted by Crippen LogP contribution is -2.41. The van der Waals surface area contributed by atoms with Crippen molar-refractivity contribution < 1.29 is 9.18 Å². The van der Waals surface area contributed by atoms with Gasteiger partial charge in [-0.05, 0) is 39.0 Å². The van der Waals surface area contributed by atoms with E-state index in [0.29, 0.717) is 5.02 Å². The highest BCUT2D eigenvalue weighted by molar-refractivity contribution is 6.30. The molecule has 0 unspecified atom stereocenters. The van der Waals surface area contributed by atoms with E-state index in [1.807, 2.05) is 20.8 Å². The molecule has 1 rings (SSSR count). The summed E-state index contributed by atoms with van der Waals surface area (Å²) in [6.45, 7) is 5.95. The predicted molar refractivity (Wildman–Crippen MR) is 67.8 cm³/mol. The number of hydrogen-bond acceptors (Lipinski definition) is 2. The molecule has 17 heavy (non-hydrogen) atoms. The van der Waals surface area contributed by atoms with Gasteiger partial charge in [0.2, 0.25) is 5.91 Å². The first-order chi connectivity index (χ1) is 7.78. The molecule has 0 aliphatic carbocycles. The largest absolute Gasteiger partial charge is 0.322 e. The van der Waals surface area contributed by atoms with Crippen molar-refractivity contribution in [1.29, 1.82) is 0 Å². The number of rotatable bonds is 3. The van der Waals surface area contributed by atoms with E-state index in [0.717, 1.165) is 0 Å². The molecule has 0 spiro atoms. The third-order valence-electron chi connectivity index (χ3n) is 1.98. The van der Waals surface area contributed by atoms with Crippen LogP contribution in [0.5, 0.6) is 0 Å². The van der Waals surface area contributed by atoms with E-state index in [2.05, 4.69) is 10.6 Å². The van der Waals surface area contributed by atoms with Crippen molar-refractivity contribution in [1.82, 2.24) is 5.32 Å². The Bertz CT molecular complexity index is 415. The molecular weight excluding hydrogens is 243 g/mol. The van der Waals surface area contributed by atoms with E-state index in [9.17, 15) is 9.18 Å². The Labute approximate surface area is 105 Å². The molecule has 5 heteroatoms. The third kappa shape index (κ3) is 5.15. The van der Waals surface area contributed by atoms with E-state index in [-0.39, 0.29) is 23.7 Å². The highest BCUT2D eigenvalue weighted by Gasteiger charge is 2.12. The minimum atomic E-state index is -0.501. The van der Waals surface area contributed by atoms with Gasteiger partial charge in [-0.25, -0.2) is 4.39 Å². The van der Waals surface area contributed by atoms with E-state index in [1.165, 1.54) is 18.2 Å². The van der Waals surface area contributed by atoms with E-state index in [4.69, 9.17) is 11.6 Å². The fourth-order valence-electron chi connectivity index (χ4n) is 1.13. The van der Waals surface area contributed by atoms with Crippen molar-refractivity contribution >= 4 is 23.2 Å². The number of hydrogen-bond donors (Lipinski definition) is 2.